The third-order valence-corrected chi connectivity index (χ3v) is 2.22. The highest BCUT2D eigenvalue weighted by Crippen LogP contribution is 2.23. The maximum Gasteiger partial charge on any atom is 0.328 e. The van der Waals surface area contributed by atoms with Gasteiger partial charge in [0.2, 0.25) is 0 Å². The van der Waals surface area contributed by atoms with Crippen LogP contribution in [0.5, 0.6) is 0 Å². The molecular formula is C9H10N2O2. The fourth-order valence-corrected chi connectivity index (χ4v) is 1.63. The Morgan fingerprint density at radius 1 is 1.54 bits per heavy atom. The van der Waals surface area contributed by atoms with Gasteiger partial charge in [-0.05, 0) is 25.3 Å². The van der Waals surface area contributed by atoms with Crippen molar-refractivity contribution in [2.45, 2.75) is 19.3 Å². The largest absolute Gasteiger partial charge is 0.478 e. The van der Waals surface area contributed by atoms with Gasteiger partial charge in [0.05, 0.1) is 5.69 Å². The van der Waals surface area contributed by atoms with Gasteiger partial charge in [-0.3, -0.25) is 5.10 Å². The van der Waals surface area contributed by atoms with Gasteiger partial charge in [-0.15, -0.1) is 0 Å². The first kappa shape index (κ1) is 8.04. The van der Waals surface area contributed by atoms with Crippen LogP contribution in [0.4, 0.5) is 0 Å². The minimum atomic E-state index is -0.935. The number of aromatic amines is 1. The molecule has 13 heavy (non-hydrogen) atoms. The summed E-state index contributed by atoms with van der Waals surface area (Å²) in [5, 5.41) is 15.4. The average molecular weight is 178 g/mol. The molecule has 1 aromatic rings. The maximum atomic E-state index is 10.3. The summed E-state index contributed by atoms with van der Waals surface area (Å²) in [6, 6.07) is 0. The first-order valence-electron chi connectivity index (χ1n) is 4.24. The Labute approximate surface area is 75.3 Å². The molecule has 0 aromatic carbocycles. The molecule has 1 aromatic heterocycles. The van der Waals surface area contributed by atoms with E-state index >= 15 is 0 Å². The summed E-state index contributed by atoms with van der Waals surface area (Å²) in [6.45, 7) is 0. The lowest BCUT2D eigenvalue weighted by Crippen LogP contribution is -1.87. The van der Waals surface area contributed by atoms with E-state index < -0.39 is 5.97 Å². The van der Waals surface area contributed by atoms with Crippen LogP contribution in [0.15, 0.2) is 6.08 Å². The summed E-state index contributed by atoms with van der Waals surface area (Å²) in [4.78, 5) is 10.3. The van der Waals surface area contributed by atoms with Crippen molar-refractivity contribution in [1.29, 1.82) is 0 Å². The zero-order valence-electron chi connectivity index (χ0n) is 7.08. The number of carboxylic acid groups (broad SMARTS) is 1. The fourth-order valence-electron chi connectivity index (χ4n) is 1.63. The molecule has 0 aliphatic heterocycles. The summed E-state index contributed by atoms with van der Waals surface area (Å²) in [7, 11) is 0. The Kier molecular flexibility index (Phi) is 1.88. The van der Waals surface area contributed by atoms with Crippen LogP contribution in [0.1, 0.15) is 23.4 Å². The average Bonchev–Trinajstić information content (AvgIpc) is 2.60. The second-order valence-corrected chi connectivity index (χ2v) is 3.09. The summed E-state index contributed by atoms with van der Waals surface area (Å²) in [5.74, 6) is -0.935. The SMILES string of the molecule is O=C(O)/C=C/c1n[nH]c2c1CCC2. The summed E-state index contributed by atoms with van der Waals surface area (Å²) in [5.41, 5.74) is 3.11. The van der Waals surface area contributed by atoms with Gasteiger partial charge >= 0.3 is 5.97 Å². The molecule has 0 saturated carbocycles. The van der Waals surface area contributed by atoms with Crippen LogP contribution in [-0.4, -0.2) is 21.3 Å². The second kappa shape index (κ2) is 3.05. The zero-order chi connectivity index (χ0) is 9.26. The van der Waals surface area contributed by atoms with E-state index in [0.29, 0.717) is 0 Å². The molecule has 1 aliphatic carbocycles. The quantitative estimate of drug-likeness (QED) is 0.664. The van der Waals surface area contributed by atoms with Gasteiger partial charge in [0.15, 0.2) is 0 Å². The predicted molar refractivity (Wildman–Crippen MR) is 47.3 cm³/mol. The second-order valence-electron chi connectivity index (χ2n) is 3.09. The molecule has 2 rings (SSSR count). The molecule has 0 saturated heterocycles. The topological polar surface area (TPSA) is 66.0 Å². The Morgan fingerprint density at radius 2 is 2.38 bits per heavy atom. The maximum absolute atomic E-state index is 10.3. The van der Waals surface area contributed by atoms with Crippen molar-refractivity contribution in [3.8, 4) is 0 Å². The molecule has 0 fully saturated rings. The van der Waals surface area contributed by atoms with E-state index in [1.165, 1.54) is 5.56 Å². The molecule has 0 spiro atoms. The number of carboxylic acids is 1. The highest BCUT2D eigenvalue weighted by molar-refractivity contribution is 5.85. The minimum Gasteiger partial charge on any atom is -0.478 e. The Hall–Kier alpha value is -1.58. The number of fused-ring (bicyclic) bond motifs is 1. The van der Waals surface area contributed by atoms with Gasteiger partial charge in [0, 0.05) is 17.3 Å². The molecule has 0 radical (unpaired) electrons. The van der Waals surface area contributed by atoms with Gasteiger partial charge in [-0.2, -0.15) is 5.10 Å². The lowest BCUT2D eigenvalue weighted by atomic mass is 10.2. The van der Waals surface area contributed by atoms with Crippen molar-refractivity contribution in [3.63, 3.8) is 0 Å². The van der Waals surface area contributed by atoms with Gasteiger partial charge < -0.3 is 5.11 Å². The minimum absolute atomic E-state index is 0.773. The zero-order valence-corrected chi connectivity index (χ0v) is 7.08. The van der Waals surface area contributed by atoms with Crippen LogP contribution in [0.3, 0.4) is 0 Å². The van der Waals surface area contributed by atoms with Gasteiger partial charge in [0.1, 0.15) is 0 Å². The number of nitrogens with zero attached hydrogens (tertiary/aromatic N) is 1. The summed E-state index contributed by atoms with van der Waals surface area (Å²) >= 11 is 0. The molecule has 0 bridgehead atoms. The highest BCUT2D eigenvalue weighted by Gasteiger charge is 2.16. The van der Waals surface area contributed by atoms with E-state index in [0.717, 1.165) is 36.7 Å². The lowest BCUT2D eigenvalue weighted by molar-refractivity contribution is -0.131. The van der Waals surface area contributed by atoms with E-state index in [1.54, 1.807) is 6.08 Å². The van der Waals surface area contributed by atoms with Crippen molar-refractivity contribution in [2.75, 3.05) is 0 Å². The molecule has 0 unspecified atom stereocenters. The van der Waals surface area contributed by atoms with Crippen LogP contribution in [0.2, 0.25) is 0 Å². The number of H-pyrrole nitrogens is 1. The molecule has 68 valence electrons. The van der Waals surface area contributed by atoms with Gasteiger partial charge in [-0.25, -0.2) is 4.79 Å². The van der Waals surface area contributed by atoms with E-state index in [9.17, 15) is 4.79 Å². The normalized spacial score (nSPS) is 15.1. The Bertz CT molecular complexity index is 366. The van der Waals surface area contributed by atoms with Crippen molar-refractivity contribution < 1.29 is 9.90 Å². The number of nitrogens with one attached hydrogen (secondary N) is 1. The lowest BCUT2D eigenvalue weighted by Gasteiger charge is -1.88. The molecule has 0 amide bonds. The first-order chi connectivity index (χ1) is 6.27. The fraction of sp³-hybridized carbons (Fsp3) is 0.333. The number of hydrogen-bond donors (Lipinski definition) is 2. The standard InChI is InChI=1S/C9H10N2O2/c12-9(13)5-4-8-6-2-1-3-7(6)10-11-8/h4-5H,1-3H2,(H,10,11)(H,12,13)/b5-4+. The molecule has 1 heterocycles. The van der Waals surface area contributed by atoms with Crippen LogP contribution in [0.25, 0.3) is 6.08 Å². The molecule has 1 aliphatic rings. The third kappa shape index (κ3) is 1.47. The number of carbonyl (C=O) groups is 1. The predicted octanol–water partition coefficient (Wildman–Crippen LogP) is 0.996. The molecule has 4 nitrogen and oxygen atoms in total. The van der Waals surface area contributed by atoms with E-state index in [4.69, 9.17) is 5.11 Å². The highest BCUT2D eigenvalue weighted by atomic mass is 16.4. The molecule has 0 atom stereocenters. The number of hydrogen-bond acceptors (Lipinski definition) is 2. The van der Waals surface area contributed by atoms with Crippen LogP contribution in [0, 0.1) is 0 Å². The number of aliphatic carboxylic acids is 1. The van der Waals surface area contributed by atoms with E-state index in [-0.39, 0.29) is 0 Å². The van der Waals surface area contributed by atoms with Gasteiger partial charge in [-0.1, -0.05) is 0 Å². The van der Waals surface area contributed by atoms with Crippen molar-refractivity contribution >= 4 is 12.0 Å². The van der Waals surface area contributed by atoms with Crippen molar-refractivity contribution in [2.24, 2.45) is 0 Å². The van der Waals surface area contributed by atoms with Gasteiger partial charge in [0.25, 0.3) is 0 Å². The molecule has 2 N–H and O–H groups in total. The van der Waals surface area contributed by atoms with Crippen molar-refractivity contribution in [1.82, 2.24) is 10.2 Å². The number of rotatable bonds is 2. The number of aromatic nitrogens is 2. The Balaban J connectivity index is 2.26. The van der Waals surface area contributed by atoms with Crippen LogP contribution in [-0.2, 0) is 17.6 Å². The van der Waals surface area contributed by atoms with Crippen molar-refractivity contribution in [3.05, 3.63) is 23.0 Å². The van der Waals surface area contributed by atoms with Crippen LogP contribution < -0.4 is 0 Å². The summed E-state index contributed by atoms with van der Waals surface area (Å²) < 4.78 is 0. The summed E-state index contributed by atoms with van der Waals surface area (Å²) in [6.07, 6.45) is 5.84. The van der Waals surface area contributed by atoms with Crippen LogP contribution >= 0.6 is 0 Å². The monoisotopic (exact) mass is 178 g/mol. The third-order valence-electron chi connectivity index (χ3n) is 2.22. The smallest absolute Gasteiger partial charge is 0.328 e. The number of aryl methyl sites for hydroxylation is 1. The molecular weight excluding hydrogens is 168 g/mol. The first-order valence-corrected chi connectivity index (χ1v) is 4.24. The Morgan fingerprint density at radius 3 is 3.15 bits per heavy atom. The van der Waals surface area contributed by atoms with E-state index in [2.05, 4.69) is 10.2 Å². The molecule has 4 heteroatoms. The van der Waals surface area contributed by atoms with E-state index in [1.807, 2.05) is 0 Å².